The molecule has 0 saturated carbocycles. The second-order valence-corrected chi connectivity index (χ2v) is 7.70. The summed E-state index contributed by atoms with van der Waals surface area (Å²) in [4.78, 5) is 19.0. The summed E-state index contributed by atoms with van der Waals surface area (Å²) in [6.07, 6.45) is 0. The number of aryl methyl sites for hydroxylation is 1. The van der Waals surface area contributed by atoms with Gasteiger partial charge < -0.3 is 4.98 Å². The second-order valence-electron chi connectivity index (χ2n) is 5.18. The van der Waals surface area contributed by atoms with E-state index in [1.807, 2.05) is 0 Å². The number of benzene rings is 1. The molecule has 0 atom stereocenters. The maximum atomic E-state index is 11.7. The normalized spacial score (nSPS) is 11.0. The third kappa shape index (κ3) is 5.59. The molecular weight excluding hydrogens is 300 g/mol. The van der Waals surface area contributed by atoms with Crippen LogP contribution in [0.5, 0.6) is 0 Å². The van der Waals surface area contributed by atoms with Crippen molar-refractivity contribution in [3.63, 3.8) is 0 Å². The average molecular weight is 320 g/mol. The van der Waals surface area contributed by atoms with Gasteiger partial charge in [-0.3, -0.25) is 4.79 Å². The summed E-state index contributed by atoms with van der Waals surface area (Å²) < 4.78 is 0. The fourth-order valence-electron chi connectivity index (χ4n) is 1.71. The maximum absolute atomic E-state index is 11.7. The zero-order valence-electron chi connectivity index (χ0n) is 12.6. The van der Waals surface area contributed by atoms with Crippen LogP contribution in [-0.2, 0) is 11.5 Å². The van der Waals surface area contributed by atoms with Gasteiger partial charge in [-0.2, -0.15) is 11.8 Å². The molecule has 0 aliphatic rings. The SMILES string of the molecule is Cc1ccc(CSc2nc(CSC(C)C)cc(=O)[nH]2)cc1. The van der Waals surface area contributed by atoms with E-state index in [0.29, 0.717) is 10.4 Å². The van der Waals surface area contributed by atoms with Gasteiger partial charge >= 0.3 is 0 Å². The standard InChI is InChI=1S/C16H20N2OS2/c1-11(2)20-10-14-8-15(19)18-16(17-14)21-9-13-6-4-12(3)5-7-13/h4-8,11H,9-10H2,1-3H3,(H,17,18,19). The van der Waals surface area contributed by atoms with Crippen LogP contribution >= 0.6 is 23.5 Å². The molecule has 0 fully saturated rings. The summed E-state index contributed by atoms with van der Waals surface area (Å²) >= 11 is 3.36. The van der Waals surface area contributed by atoms with Crippen molar-refractivity contribution in [2.45, 2.75) is 42.7 Å². The van der Waals surface area contributed by atoms with Crippen LogP contribution < -0.4 is 5.56 Å². The molecule has 2 aromatic rings. The number of aromatic nitrogens is 2. The number of hydrogen-bond donors (Lipinski definition) is 1. The monoisotopic (exact) mass is 320 g/mol. The van der Waals surface area contributed by atoms with E-state index in [0.717, 1.165) is 17.2 Å². The maximum Gasteiger partial charge on any atom is 0.251 e. The van der Waals surface area contributed by atoms with Crippen molar-refractivity contribution in [2.24, 2.45) is 0 Å². The molecule has 112 valence electrons. The van der Waals surface area contributed by atoms with Gasteiger partial charge in [0.2, 0.25) is 0 Å². The lowest BCUT2D eigenvalue weighted by Crippen LogP contribution is -2.10. The molecule has 3 nitrogen and oxygen atoms in total. The first-order chi connectivity index (χ1) is 10.0. The Kier molecular flexibility index (Phi) is 5.94. The molecule has 0 saturated heterocycles. The van der Waals surface area contributed by atoms with Gasteiger partial charge in [0, 0.05) is 17.6 Å². The fourth-order valence-corrected chi connectivity index (χ4v) is 3.22. The molecule has 0 aliphatic heterocycles. The minimum atomic E-state index is -0.0734. The van der Waals surface area contributed by atoms with E-state index in [9.17, 15) is 4.79 Å². The van der Waals surface area contributed by atoms with Crippen molar-refractivity contribution in [3.8, 4) is 0 Å². The highest BCUT2D eigenvalue weighted by molar-refractivity contribution is 7.99. The van der Waals surface area contributed by atoms with E-state index in [-0.39, 0.29) is 5.56 Å². The van der Waals surface area contributed by atoms with Gasteiger partial charge in [-0.05, 0) is 17.7 Å². The van der Waals surface area contributed by atoms with E-state index in [1.165, 1.54) is 11.1 Å². The Morgan fingerprint density at radius 2 is 1.90 bits per heavy atom. The van der Waals surface area contributed by atoms with E-state index in [1.54, 1.807) is 29.6 Å². The fraction of sp³-hybridized carbons (Fsp3) is 0.375. The average Bonchev–Trinajstić information content (AvgIpc) is 2.44. The minimum absolute atomic E-state index is 0.0734. The predicted molar refractivity (Wildman–Crippen MR) is 92.0 cm³/mol. The molecule has 0 unspecified atom stereocenters. The molecule has 0 bridgehead atoms. The summed E-state index contributed by atoms with van der Waals surface area (Å²) in [5, 5.41) is 1.23. The van der Waals surface area contributed by atoms with Crippen LogP contribution in [-0.4, -0.2) is 15.2 Å². The lowest BCUT2D eigenvalue weighted by molar-refractivity contribution is 0.898. The molecule has 5 heteroatoms. The predicted octanol–water partition coefficient (Wildman–Crippen LogP) is 4.01. The lowest BCUT2D eigenvalue weighted by Gasteiger charge is -2.06. The first-order valence-electron chi connectivity index (χ1n) is 6.93. The summed E-state index contributed by atoms with van der Waals surface area (Å²) in [5.74, 6) is 1.59. The number of nitrogens with zero attached hydrogens (tertiary/aromatic N) is 1. The first kappa shape index (κ1) is 16.2. The smallest absolute Gasteiger partial charge is 0.251 e. The zero-order valence-corrected chi connectivity index (χ0v) is 14.2. The van der Waals surface area contributed by atoms with E-state index in [4.69, 9.17) is 0 Å². The van der Waals surface area contributed by atoms with Crippen LogP contribution in [0.3, 0.4) is 0 Å². The zero-order chi connectivity index (χ0) is 15.2. The van der Waals surface area contributed by atoms with Gasteiger partial charge in [-0.15, -0.1) is 0 Å². The summed E-state index contributed by atoms with van der Waals surface area (Å²) in [7, 11) is 0. The van der Waals surface area contributed by atoms with E-state index < -0.39 is 0 Å². The molecule has 0 aliphatic carbocycles. The molecule has 1 aromatic heterocycles. The summed E-state index contributed by atoms with van der Waals surface area (Å²) in [6.45, 7) is 6.36. The summed E-state index contributed by atoms with van der Waals surface area (Å²) in [6, 6.07) is 10.0. The second kappa shape index (κ2) is 7.71. The third-order valence-corrected chi connectivity index (χ3v) is 4.91. The van der Waals surface area contributed by atoms with Gasteiger partial charge in [0.15, 0.2) is 5.16 Å². The van der Waals surface area contributed by atoms with E-state index in [2.05, 4.69) is 55.0 Å². The van der Waals surface area contributed by atoms with Crippen molar-refractivity contribution >= 4 is 23.5 Å². The van der Waals surface area contributed by atoms with Gasteiger partial charge in [0.05, 0.1) is 5.69 Å². The van der Waals surface area contributed by atoms with Gasteiger partial charge in [0.25, 0.3) is 5.56 Å². The Morgan fingerprint density at radius 3 is 2.57 bits per heavy atom. The van der Waals surface area contributed by atoms with Crippen LogP contribution in [0.15, 0.2) is 40.3 Å². The first-order valence-corrected chi connectivity index (χ1v) is 8.96. The van der Waals surface area contributed by atoms with E-state index >= 15 is 0 Å². The highest BCUT2D eigenvalue weighted by atomic mass is 32.2. The third-order valence-electron chi connectivity index (χ3n) is 2.83. The van der Waals surface area contributed by atoms with Gasteiger partial charge in [-0.25, -0.2) is 4.98 Å². The molecule has 1 heterocycles. The minimum Gasteiger partial charge on any atom is -0.301 e. The van der Waals surface area contributed by atoms with Crippen LogP contribution in [0, 0.1) is 6.92 Å². The molecule has 0 amide bonds. The quantitative estimate of drug-likeness (QED) is 0.645. The van der Waals surface area contributed by atoms with Crippen LogP contribution in [0.1, 0.15) is 30.7 Å². The molecule has 0 spiro atoms. The van der Waals surface area contributed by atoms with Crippen molar-refractivity contribution in [2.75, 3.05) is 0 Å². The molecule has 0 radical (unpaired) electrons. The Balaban J connectivity index is 2.02. The number of aromatic amines is 1. The van der Waals surface area contributed by atoms with Crippen molar-refractivity contribution < 1.29 is 0 Å². The number of H-pyrrole nitrogens is 1. The number of hydrogen-bond acceptors (Lipinski definition) is 4. The molecule has 21 heavy (non-hydrogen) atoms. The Morgan fingerprint density at radius 1 is 1.19 bits per heavy atom. The van der Waals surface area contributed by atoms with Crippen LogP contribution in [0.4, 0.5) is 0 Å². The molecular formula is C16H20N2OS2. The molecule has 1 aromatic carbocycles. The number of rotatable bonds is 6. The Labute approximate surface area is 134 Å². The lowest BCUT2D eigenvalue weighted by atomic mass is 10.2. The Bertz CT molecular complexity index is 635. The van der Waals surface area contributed by atoms with Crippen LogP contribution in [0.25, 0.3) is 0 Å². The number of thioether (sulfide) groups is 2. The van der Waals surface area contributed by atoms with Crippen molar-refractivity contribution in [1.82, 2.24) is 9.97 Å². The van der Waals surface area contributed by atoms with Crippen molar-refractivity contribution in [1.29, 1.82) is 0 Å². The summed E-state index contributed by atoms with van der Waals surface area (Å²) in [5.41, 5.74) is 3.26. The largest absolute Gasteiger partial charge is 0.301 e. The highest BCUT2D eigenvalue weighted by Crippen LogP contribution is 2.20. The van der Waals surface area contributed by atoms with Crippen molar-refractivity contribution in [3.05, 3.63) is 57.5 Å². The molecule has 1 N–H and O–H groups in total. The number of nitrogens with one attached hydrogen (secondary N) is 1. The highest BCUT2D eigenvalue weighted by Gasteiger charge is 2.04. The van der Waals surface area contributed by atoms with Gasteiger partial charge in [0.1, 0.15) is 0 Å². The topological polar surface area (TPSA) is 45.8 Å². The Hall–Kier alpha value is -1.20. The molecule has 2 rings (SSSR count). The van der Waals surface area contributed by atoms with Crippen LogP contribution in [0.2, 0.25) is 0 Å². The van der Waals surface area contributed by atoms with Gasteiger partial charge in [-0.1, -0.05) is 55.4 Å².